The Balaban J connectivity index is 3.04. The number of nitrogens with one attached hydrogen (secondary N) is 2. The quantitative estimate of drug-likeness (QED) is 0.611. The lowest BCUT2D eigenvalue weighted by atomic mass is 10.1. The minimum absolute atomic E-state index is 0.234. The second-order valence-corrected chi connectivity index (χ2v) is 6.83. The van der Waals surface area contributed by atoms with E-state index in [4.69, 9.17) is 19.9 Å². The third kappa shape index (κ3) is 6.93. The molecule has 10 heteroatoms. The van der Waals surface area contributed by atoms with Crippen molar-refractivity contribution in [1.82, 2.24) is 5.32 Å². The summed E-state index contributed by atoms with van der Waals surface area (Å²) in [5, 5.41) is 4.77. The summed E-state index contributed by atoms with van der Waals surface area (Å²) < 4.78 is 29.3. The summed E-state index contributed by atoms with van der Waals surface area (Å²) in [5.74, 6) is -1.44. The minimum atomic E-state index is -2.14. The molecule has 0 aliphatic rings. The van der Waals surface area contributed by atoms with Crippen molar-refractivity contribution in [3.05, 3.63) is 18.2 Å². The molecule has 156 valence electrons. The maximum Gasteiger partial charge on any atom is 0.408 e. The zero-order chi connectivity index (χ0) is 21.5. The number of alkyl carbamates (subject to hydrolysis) is 1. The van der Waals surface area contributed by atoms with Crippen LogP contribution in [0.3, 0.4) is 0 Å². The van der Waals surface area contributed by atoms with Gasteiger partial charge in [0, 0.05) is 6.42 Å². The Morgan fingerprint density at radius 1 is 1.18 bits per heavy atom. The smallest absolute Gasteiger partial charge is 0.408 e. The van der Waals surface area contributed by atoms with Crippen LogP contribution < -0.4 is 25.8 Å². The van der Waals surface area contributed by atoms with E-state index in [0.717, 1.165) is 0 Å². The number of alkyl halides is 1. The number of carbonyl (C=O) groups excluding carboxylic acids is 3. The number of hydrogen-bond acceptors (Lipinski definition) is 6. The van der Waals surface area contributed by atoms with Gasteiger partial charge < -0.3 is 30.6 Å². The van der Waals surface area contributed by atoms with Gasteiger partial charge in [0.2, 0.25) is 5.91 Å². The van der Waals surface area contributed by atoms with Crippen LogP contribution in [-0.4, -0.2) is 49.9 Å². The predicted octanol–water partition coefficient (Wildman–Crippen LogP) is 1.75. The predicted molar refractivity (Wildman–Crippen MR) is 100 cm³/mol. The number of hydrogen-bond donors (Lipinski definition) is 3. The number of para-hydroxylation sites is 1. The first-order chi connectivity index (χ1) is 13.0. The van der Waals surface area contributed by atoms with Crippen molar-refractivity contribution < 1.29 is 33.0 Å². The van der Waals surface area contributed by atoms with E-state index in [1.807, 2.05) is 0 Å². The van der Waals surface area contributed by atoms with E-state index in [2.05, 4.69) is 10.6 Å². The average Bonchev–Trinajstić information content (AvgIpc) is 2.58. The molecule has 0 spiro atoms. The first-order valence-electron chi connectivity index (χ1n) is 8.43. The number of ether oxygens (including phenoxy) is 3. The fourth-order valence-electron chi connectivity index (χ4n) is 2.21. The summed E-state index contributed by atoms with van der Waals surface area (Å²) in [4.78, 5) is 35.7. The highest BCUT2D eigenvalue weighted by molar-refractivity contribution is 5.98. The van der Waals surface area contributed by atoms with Crippen LogP contribution in [0, 0.1) is 0 Å². The highest BCUT2D eigenvalue weighted by atomic mass is 19.1. The van der Waals surface area contributed by atoms with Gasteiger partial charge in [-0.3, -0.25) is 9.59 Å². The van der Waals surface area contributed by atoms with E-state index < -0.39 is 42.1 Å². The van der Waals surface area contributed by atoms with E-state index in [1.54, 1.807) is 32.9 Å². The Hall–Kier alpha value is -3.04. The van der Waals surface area contributed by atoms with E-state index in [0.29, 0.717) is 5.75 Å². The summed E-state index contributed by atoms with van der Waals surface area (Å²) in [6, 6.07) is 3.34. The van der Waals surface area contributed by atoms with Gasteiger partial charge in [0.05, 0.1) is 19.9 Å². The molecular weight excluding hydrogens is 373 g/mol. The molecule has 4 N–H and O–H groups in total. The van der Waals surface area contributed by atoms with Crippen molar-refractivity contribution in [2.24, 2.45) is 5.73 Å². The first kappa shape index (κ1) is 23.0. The highest BCUT2D eigenvalue weighted by Gasteiger charge is 2.30. The molecule has 2 atom stereocenters. The van der Waals surface area contributed by atoms with Gasteiger partial charge in [-0.15, -0.1) is 0 Å². The van der Waals surface area contributed by atoms with Crippen LogP contribution in [0.5, 0.6) is 11.5 Å². The third-order valence-corrected chi connectivity index (χ3v) is 3.42. The van der Waals surface area contributed by atoms with E-state index in [-0.39, 0.29) is 11.4 Å². The lowest BCUT2D eigenvalue weighted by molar-refractivity contribution is -0.124. The molecule has 0 saturated carbocycles. The van der Waals surface area contributed by atoms with Crippen molar-refractivity contribution >= 4 is 23.6 Å². The van der Waals surface area contributed by atoms with Gasteiger partial charge in [0.1, 0.15) is 11.6 Å². The molecule has 0 heterocycles. The van der Waals surface area contributed by atoms with Crippen LogP contribution in [-0.2, 0) is 14.3 Å². The summed E-state index contributed by atoms with van der Waals surface area (Å²) in [5.41, 5.74) is 4.33. The SMILES string of the molecule is COc1cccc(NC(=O)[C@H](C[C@@H](F)C(N)=O)NC(=O)OC(C)(C)C)c1OC. The monoisotopic (exact) mass is 399 g/mol. The number of anilines is 1. The van der Waals surface area contributed by atoms with Gasteiger partial charge in [-0.05, 0) is 32.9 Å². The number of primary amides is 1. The summed E-state index contributed by atoms with van der Waals surface area (Å²) >= 11 is 0. The zero-order valence-electron chi connectivity index (χ0n) is 16.5. The van der Waals surface area contributed by atoms with Gasteiger partial charge in [-0.25, -0.2) is 9.18 Å². The Labute approximate surface area is 162 Å². The molecule has 9 nitrogen and oxygen atoms in total. The molecule has 0 aliphatic carbocycles. The maximum atomic E-state index is 13.8. The molecule has 0 aromatic heterocycles. The van der Waals surface area contributed by atoms with Gasteiger partial charge >= 0.3 is 6.09 Å². The highest BCUT2D eigenvalue weighted by Crippen LogP contribution is 2.34. The summed E-state index contributed by atoms with van der Waals surface area (Å²) in [6.07, 6.45) is -3.74. The second-order valence-electron chi connectivity index (χ2n) is 6.83. The van der Waals surface area contributed by atoms with Crippen molar-refractivity contribution in [2.45, 2.75) is 45.0 Å². The maximum absolute atomic E-state index is 13.8. The number of nitrogens with two attached hydrogens (primary N) is 1. The van der Waals surface area contributed by atoms with Crippen molar-refractivity contribution in [3.63, 3.8) is 0 Å². The molecule has 1 aromatic carbocycles. The molecule has 0 aliphatic heterocycles. The topological polar surface area (TPSA) is 129 Å². The second kappa shape index (κ2) is 9.77. The standard InChI is InChI=1S/C18H26FN3O6/c1-18(2,3)28-17(25)22-12(9-10(19)15(20)23)16(24)21-11-7-6-8-13(26-4)14(11)27-5/h6-8,10,12H,9H2,1-5H3,(H2,20,23)(H,21,24)(H,22,25)/t10-,12+/m1/s1. The van der Waals surface area contributed by atoms with Crippen LogP contribution in [0.4, 0.5) is 14.9 Å². The fraction of sp³-hybridized carbons (Fsp3) is 0.500. The Kier molecular flexibility index (Phi) is 8.02. The normalized spacial score (nSPS) is 13.1. The molecule has 1 aromatic rings. The van der Waals surface area contributed by atoms with Gasteiger partial charge in [-0.1, -0.05) is 6.07 Å². The summed E-state index contributed by atoms with van der Waals surface area (Å²) in [6.45, 7) is 4.89. The Bertz CT molecular complexity index is 720. The van der Waals surface area contributed by atoms with Crippen LogP contribution in [0.15, 0.2) is 18.2 Å². The zero-order valence-corrected chi connectivity index (χ0v) is 16.5. The lowest BCUT2D eigenvalue weighted by Gasteiger charge is -2.24. The number of methoxy groups -OCH3 is 2. The van der Waals surface area contributed by atoms with Crippen LogP contribution in [0.25, 0.3) is 0 Å². The van der Waals surface area contributed by atoms with Crippen LogP contribution >= 0.6 is 0 Å². The van der Waals surface area contributed by atoms with Crippen molar-refractivity contribution in [1.29, 1.82) is 0 Å². The van der Waals surface area contributed by atoms with Crippen LogP contribution in [0.1, 0.15) is 27.2 Å². The number of halogens is 1. The van der Waals surface area contributed by atoms with Gasteiger partial charge in [0.15, 0.2) is 17.7 Å². The lowest BCUT2D eigenvalue weighted by Crippen LogP contribution is -2.48. The van der Waals surface area contributed by atoms with Crippen molar-refractivity contribution in [3.8, 4) is 11.5 Å². The third-order valence-electron chi connectivity index (χ3n) is 3.42. The molecule has 0 saturated heterocycles. The first-order valence-corrected chi connectivity index (χ1v) is 8.43. The van der Waals surface area contributed by atoms with E-state index in [9.17, 15) is 18.8 Å². The average molecular weight is 399 g/mol. The largest absolute Gasteiger partial charge is 0.493 e. The Morgan fingerprint density at radius 3 is 2.32 bits per heavy atom. The van der Waals surface area contributed by atoms with E-state index >= 15 is 0 Å². The number of carbonyl (C=O) groups is 3. The van der Waals surface area contributed by atoms with E-state index in [1.165, 1.54) is 20.3 Å². The number of amides is 3. The molecular formula is C18H26FN3O6. The molecule has 28 heavy (non-hydrogen) atoms. The van der Waals surface area contributed by atoms with Crippen LogP contribution in [0.2, 0.25) is 0 Å². The minimum Gasteiger partial charge on any atom is -0.493 e. The molecule has 0 fully saturated rings. The fourth-order valence-corrected chi connectivity index (χ4v) is 2.21. The Morgan fingerprint density at radius 2 is 1.82 bits per heavy atom. The van der Waals surface area contributed by atoms with Crippen molar-refractivity contribution in [2.75, 3.05) is 19.5 Å². The van der Waals surface area contributed by atoms with Gasteiger partial charge in [-0.2, -0.15) is 0 Å². The molecule has 1 rings (SSSR count). The molecule has 0 unspecified atom stereocenters. The number of rotatable bonds is 8. The van der Waals surface area contributed by atoms with Gasteiger partial charge in [0.25, 0.3) is 5.91 Å². The molecule has 0 radical (unpaired) electrons. The number of benzene rings is 1. The molecule has 0 bridgehead atoms. The summed E-state index contributed by atoms with van der Waals surface area (Å²) in [7, 11) is 2.81. The molecule has 3 amide bonds.